The minimum absolute atomic E-state index is 0.0722. The average molecular weight is 1500 g/mol. The van der Waals surface area contributed by atoms with Crippen molar-refractivity contribution in [3.05, 3.63) is 134 Å². The van der Waals surface area contributed by atoms with E-state index < -0.39 is 97.5 Å². The van der Waals surface area contributed by atoms with Crippen LogP contribution in [0, 0.1) is 0 Å². The lowest BCUT2D eigenvalue weighted by molar-refractivity contribution is -0.161. The predicted molar refractivity (Wildman–Crippen MR) is 427 cm³/mol. The zero-order valence-corrected chi connectivity index (χ0v) is 66.9. The van der Waals surface area contributed by atoms with Crippen LogP contribution in [0.2, 0.25) is 0 Å². The highest BCUT2D eigenvalue weighted by molar-refractivity contribution is 7.47. The van der Waals surface area contributed by atoms with Crippen LogP contribution in [-0.2, 0) is 65.4 Å². The van der Waals surface area contributed by atoms with Crippen LogP contribution in [0.3, 0.4) is 0 Å². The van der Waals surface area contributed by atoms with Crippen molar-refractivity contribution in [2.75, 3.05) is 39.6 Å². The van der Waals surface area contributed by atoms with E-state index in [9.17, 15) is 43.2 Å². The number of hydrogen-bond acceptors (Lipinski definition) is 15. The molecule has 0 amide bonds. The van der Waals surface area contributed by atoms with Gasteiger partial charge in [-0.05, 0) is 154 Å². The Labute approximate surface area is 631 Å². The molecule has 0 aromatic heterocycles. The van der Waals surface area contributed by atoms with Crippen LogP contribution in [0.15, 0.2) is 134 Å². The molecule has 0 aromatic rings. The van der Waals surface area contributed by atoms with Gasteiger partial charge in [-0.1, -0.05) is 277 Å². The van der Waals surface area contributed by atoms with Gasteiger partial charge >= 0.3 is 39.5 Å². The van der Waals surface area contributed by atoms with Crippen molar-refractivity contribution in [2.24, 2.45) is 0 Å². The summed E-state index contributed by atoms with van der Waals surface area (Å²) in [6.07, 6.45) is 85.6. The topological polar surface area (TPSA) is 237 Å². The Hall–Kier alpha value is -4.80. The van der Waals surface area contributed by atoms with E-state index in [4.69, 9.17) is 37.0 Å². The summed E-state index contributed by atoms with van der Waals surface area (Å²) < 4.78 is 68.6. The van der Waals surface area contributed by atoms with E-state index in [1.54, 1.807) is 0 Å². The normalized spacial score (nSPS) is 14.6. The van der Waals surface area contributed by atoms with Crippen LogP contribution >= 0.6 is 15.6 Å². The van der Waals surface area contributed by atoms with Crippen molar-refractivity contribution in [1.29, 1.82) is 0 Å². The second kappa shape index (κ2) is 76.4. The third-order valence-electron chi connectivity index (χ3n) is 16.6. The van der Waals surface area contributed by atoms with E-state index in [0.717, 1.165) is 225 Å². The lowest BCUT2D eigenvalue weighted by atomic mass is 10.1. The molecule has 0 fully saturated rings. The van der Waals surface area contributed by atoms with Gasteiger partial charge in [-0.2, -0.15) is 0 Å². The maximum Gasteiger partial charge on any atom is 0.472 e. The fourth-order valence-corrected chi connectivity index (χ4v) is 12.0. The number of unbranched alkanes of at least 4 members (excludes halogenated alkanes) is 27. The Bertz CT molecular complexity index is 2490. The third-order valence-corrected chi connectivity index (χ3v) is 18.5. The molecule has 0 spiro atoms. The summed E-state index contributed by atoms with van der Waals surface area (Å²) in [6, 6.07) is 0. The van der Waals surface area contributed by atoms with Gasteiger partial charge < -0.3 is 33.8 Å². The van der Waals surface area contributed by atoms with Crippen LogP contribution in [0.25, 0.3) is 0 Å². The number of phosphoric acid groups is 2. The number of aliphatic hydroxyl groups is 1. The number of hydrogen-bond donors (Lipinski definition) is 3. The molecule has 0 heterocycles. The van der Waals surface area contributed by atoms with E-state index >= 15 is 0 Å². The molecular weight excluding hydrogens is 1350 g/mol. The summed E-state index contributed by atoms with van der Waals surface area (Å²) in [4.78, 5) is 73.1. The summed E-state index contributed by atoms with van der Waals surface area (Å²) in [5.74, 6) is -2.23. The molecule has 5 atom stereocenters. The Balaban J connectivity index is 5.38. The van der Waals surface area contributed by atoms with Crippen LogP contribution in [0.4, 0.5) is 0 Å². The lowest BCUT2D eigenvalue weighted by Gasteiger charge is -2.21. The summed E-state index contributed by atoms with van der Waals surface area (Å²) in [5.41, 5.74) is 0. The molecule has 0 rings (SSSR count). The highest BCUT2D eigenvalue weighted by Crippen LogP contribution is 2.45. The number of esters is 4. The molecule has 5 unspecified atom stereocenters. The van der Waals surface area contributed by atoms with Crippen molar-refractivity contribution in [1.82, 2.24) is 0 Å². The van der Waals surface area contributed by atoms with Gasteiger partial charge in [0.2, 0.25) is 0 Å². The molecular formula is C85H144O17P2. The highest BCUT2D eigenvalue weighted by Gasteiger charge is 2.30. The van der Waals surface area contributed by atoms with E-state index in [1.807, 2.05) is 0 Å². The maximum atomic E-state index is 13.1. The molecule has 19 heteroatoms. The van der Waals surface area contributed by atoms with Crippen molar-refractivity contribution in [3.8, 4) is 0 Å². The summed E-state index contributed by atoms with van der Waals surface area (Å²) in [5, 5.41) is 10.6. The quantitative estimate of drug-likeness (QED) is 0.0169. The first-order valence-electron chi connectivity index (χ1n) is 40.4. The van der Waals surface area contributed by atoms with Crippen molar-refractivity contribution >= 4 is 39.5 Å². The Morgan fingerprint density at radius 3 is 0.808 bits per heavy atom. The SMILES string of the molecule is CC/C=C\C/C=C\C/C=C\C/C=C\CCCCCCCCC(=O)OCC(COP(=O)(O)OCC(O)COP(=O)(O)OCC(COC(=O)CCCCCCCCC/C=C\C/C=C\C/C=C\CC)OC(=O)CCCCCCC/C=C\C/C=C\CCCCC)OC(=O)CCCCCCC/C=C\C/C=C\CCC. The van der Waals surface area contributed by atoms with Gasteiger partial charge in [0.05, 0.1) is 26.4 Å². The first-order chi connectivity index (χ1) is 50.7. The minimum atomic E-state index is -4.99. The van der Waals surface area contributed by atoms with Gasteiger partial charge in [0.1, 0.15) is 19.3 Å². The average Bonchev–Trinajstić information content (AvgIpc) is 0.939. The van der Waals surface area contributed by atoms with Gasteiger partial charge in [0.25, 0.3) is 0 Å². The zero-order valence-electron chi connectivity index (χ0n) is 65.2. The smallest absolute Gasteiger partial charge is 0.462 e. The summed E-state index contributed by atoms with van der Waals surface area (Å²) in [7, 11) is -9.98. The molecule has 0 radical (unpaired) electrons. The molecule has 0 aliphatic rings. The number of allylic oxidation sites excluding steroid dienone is 22. The van der Waals surface area contributed by atoms with Crippen LogP contribution in [0.5, 0.6) is 0 Å². The van der Waals surface area contributed by atoms with Crippen LogP contribution in [0.1, 0.15) is 323 Å². The fourth-order valence-electron chi connectivity index (χ4n) is 10.5. The zero-order chi connectivity index (χ0) is 76.0. The second-order valence-corrected chi connectivity index (χ2v) is 29.5. The lowest BCUT2D eigenvalue weighted by Crippen LogP contribution is -2.30. The van der Waals surface area contributed by atoms with Crippen molar-refractivity contribution < 1.29 is 80.2 Å². The first-order valence-corrected chi connectivity index (χ1v) is 43.4. The van der Waals surface area contributed by atoms with Gasteiger partial charge in [-0.15, -0.1) is 0 Å². The third kappa shape index (κ3) is 75.4. The molecule has 596 valence electrons. The number of carbonyl (C=O) groups is 4. The number of phosphoric ester groups is 2. The molecule has 0 bridgehead atoms. The van der Waals surface area contributed by atoms with Gasteiger partial charge in [-0.3, -0.25) is 37.3 Å². The maximum absolute atomic E-state index is 13.1. The molecule has 0 aliphatic heterocycles. The largest absolute Gasteiger partial charge is 0.472 e. The number of rotatable bonds is 75. The van der Waals surface area contributed by atoms with E-state index in [0.29, 0.717) is 25.7 Å². The Kier molecular flexibility index (Phi) is 72.9. The summed E-state index contributed by atoms with van der Waals surface area (Å²) in [6.45, 7) is 4.52. The Morgan fingerprint density at radius 2 is 0.519 bits per heavy atom. The van der Waals surface area contributed by atoms with E-state index in [1.165, 1.54) is 19.3 Å². The van der Waals surface area contributed by atoms with E-state index in [2.05, 4.69) is 161 Å². The van der Waals surface area contributed by atoms with Gasteiger partial charge in [0, 0.05) is 25.7 Å². The molecule has 104 heavy (non-hydrogen) atoms. The standard InChI is InChI=1S/C85H144O17P2/c1-5-9-13-17-21-25-29-33-36-38-39-41-44-47-50-54-58-62-66-70-83(88)95-75-80(101-84(89)71-67-63-59-55-51-45-32-28-24-20-16-12-8-4)77-99-103(91,92)97-73-79(86)74-98-104(93,94)100-78-81(102-85(90)72-68-64-60-56-52-48-42-35-31-27-23-19-15-11-7-3)76-96-82(87)69-65-61-57-53-49-46-43-40-37-34-30-26-22-18-14-10-6-2/h9-10,13-14,16,20-23,25-28,32-37,39,41-42,79-81,86H,5-8,11-12,15,17-19,24,29-31,38,40,43-78H2,1-4H3,(H,91,92)(H,93,94)/b13-9-,14-10-,20-16-,25-21-,26-22-,27-23-,32-28-,36-33-,37-34-,41-39-,42-35-. The number of carbonyl (C=O) groups excluding carboxylic acids is 4. The predicted octanol–water partition coefficient (Wildman–Crippen LogP) is 23.7. The van der Waals surface area contributed by atoms with Crippen molar-refractivity contribution in [2.45, 2.75) is 341 Å². The molecule has 17 nitrogen and oxygen atoms in total. The minimum Gasteiger partial charge on any atom is -0.462 e. The first kappa shape index (κ1) is 99.2. The highest BCUT2D eigenvalue weighted by atomic mass is 31.2. The monoisotopic (exact) mass is 1500 g/mol. The number of aliphatic hydroxyl groups excluding tert-OH is 1. The second-order valence-electron chi connectivity index (χ2n) is 26.6. The van der Waals surface area contributed by atoms with Crippen molar-refractivity contribution in [3.63, 3.8) is 0 Å². The molecule has 0 aromatic carbocycles. The molecule has 0 saturated heterocycles. The van der Waals surface area contributed by atoms with Gasteiger partial charge in [-0.25, -0.2) is 9.13 Å². The summed E-state index contributed by atoms with van der Waals surface area (Å²) >= 11 is 0. The Morgan fingerprint density at radius 1 is 0.279 bits per heavy atom. The van der Waals surface area contributed by atoms with Crippen LogP contribution < -0.4 is 0 Å². The number of ether oxygens (including phenoxy) is 4. The van der Waals surface area contributed by atoms with Gasteiger partial charge in [0.15, 0.2) is 12.2 Å². The molecule has 0 saturated carbocycles. The fraction of sp³-hybridized carbons (Fsp3) is 0.694. The van der Waals surface area contributed by atoms with Crippen LogP contribution in [-0.4, -0.2) is 96.7 Å². The molecule has 0 aliphatic carbocycles. The van der Waals surface area contributed by atoms with E-state index in [-0.39, 0.29) is 25.7 Å². The molecule has 3 N–H and O–H groups in total.